The molecule has 1 aliphatic rings. The predicted molar refractivity (Wildman–Crippen MR) is 86.0 cm³/mol. The minimum absolute atomic E-state index is 0.133. The molecule has 1 atom stereocenters. The smallest absolute Gasteiger partial charge is 0.0562 e. The van der Waals surface area contributed by atoms with Crippen LogP contribution in [0.1, 0.15) is 46.7 Å². The molecule has 1 saturated heterocycles. The van der Waals surface area contributed by atoms with E-state index in [9.17, 15) is 0 Å². The summed E-state index contributed by atoms with van der Waals surface area (Å²) in [5.74, 6) is 1.61. The van der Waals surface area contributed by atoms with Crippen LogP contribution in [-0.2, 0) is 6.54 Å². The Kier molecular flexibility index (Phi) is 4.69. The highest BCUT2D eigenvalue weighted by Crippen LogP contribution is 2.28. The van der Waals surface area contributed by atoms with E-state index >= 15 is 0 Å². The second kappa shape index (κ2) is 6.13. The van der Waals surface area contributed by atoms with Crippen LogP contribution in [0.15, 0.2) is 18.3 Å². The standard InChI is InChI=1S/C17H29N3/c1-13(2)14-7-9-20(12-14)16-6-8-18-15(10-16)11-19-17(3,4)5/h6,8,10,13-14,19H,7,9,11-12H2,1-5H3. The van der Waals surface area contributed by atoms with Crippen LogP contribution >= 0.6 is 0 Å². The van der Waals surface area contributed by atoms with Gasteiger partial charge in [-0.3, -0.25) is 4.98 Å². The highest BCUT2D eigenvalue weighted by Gasteiger charge is 2.25. The van der Waals surface area contributed by atoms with E-state index < -0.39 is 0 Å². The first-order chi connectivity index (χ1) is 9.35. The van der Waals surface area contributed by atoms with Crippen LogP contribution in [0.4, 0.5) is 5.69 Å². The van der Waals surface area contributed by atoms with Gasteiger partial charge in [0.05, 0.1) is 5.69 Å². The van der Waals surface area contributed by atoms with Gasteiger partial charge in [0.25, 0.3) is 0 Å². The minimum Gasteiger partial charge on any atom is -0.371 e. The summed E-state index contributed by atoms with van der Waals surface area (Å²) >= 11 is 0. The number of hydrogen-bond acceptors (Lipinski definition) is 3. The maximum Gasteiger partial charge on any atom is 0.0562 e. The molecular weight excluding hydrogens is 246 g/mol. The minimum atomic E-state index is 0.133. The number of hydrogen-bond donors (Lipinski definition) is 1. The third-order valence-corrected chi connectivity index (χ3v) is 4.13. The summed E-state index contributed by atoms with van der Waals surface area (Å²) in [4.78, 5) is 6.99. The summed E-state index contributed by atoms with van der Waals surface area (Å²) < 4.78 is 0. The lowest BCUT2D eigenvalue weighted by atomic mass is 9.95. The number of nitrogens with one attached hydrogen (secondary N) is 1. The molecule has 1 fully saturated rings. The molecule has 0 saturated carbocycles. The SMILES string of the molecule is CC(C)C1CCN(c2ccnc(CNC(C)(C)C)c2)C1. The first-order valence-corrected chi connectivity index (χ1v) is 7.80. The topological polar surface area (TPSA) is 28.2 Å². The molecule has 0 aromatic carbocycles. The summed E-state index contributed by atoms with van der Waals surface area (Å²) in [6.07, 6.45) is 3.26. The van der Waals surface area contributed by atoms with Gasteiger partial charge in [-0.2, -0.15) is 0 Å². The maximum absolute atomic E-state index is 4.48. The fourth-order valence-electron chi connectivity index (χ4n) is 2.68. The van der Waals surface area contributed by atoms with E-state index in [4.69, 9.17) is 0 Å². The van der Waals surface area contributed by atoms with Gasteiger partial charge in [-0.05, 0) is 51.2 Å². The van der Waals surface area contributed by atoms with Gasteiger partial charge in [0.1, 0.15) is 0 Å². The molecule has 0 radical (unpaired) electrons. The molecule has 1 aliphatic heterocycles. The number of pyridine rings is 1. The molecule has 20 heavy (non-hydrogen) atoms. The average Bonchev–Trinajstić information content (AvgIpc) is 2.86. The monoisotopic (exact) mass is 275 g/mol. The first kappa shape index (κ1) is 15.3. The lowest BCUT2D eigenvalue weighted by Crippen LogP contribution is -2.35. The molecule has 3 nitrogen and oxygen atoms in total. The maximum atomic E-state index is 4.48. The van der Waals surface area contributed by atoms with Gasteiger partial charge in [0.2, 0.25) is 0 Å². The number of anilines is 1. The van der Waals surface area contributed by atoms with Gasteiger partial charge in [0.15, 0.2) is 0 Å². The molecule has 2 rings (SSSR count). The summed E-state index contributed by atoms with van der Waals surface area (Å²) in [6.45, 7) is 14.4. The number of nitrogens with zero attached hydrogens (tertiary/aromatic N) is 2. The van der Waals surface area contributed by atoms with Crippen LogP contribution < -0.4 is 10.2 Å². The van der Waals surface area contributed by atoms with Gasteiger partial charge in [-0.25, -0.2) is 0 Å². The van der Waals surface area contributed by atoms with Gasteiger partial charge in [0, 0.05) is 37.1 Å². The normalized spacial score (nSPS) is 19.9. The zero-order valence-electron chi connectivity index (χ0n) is 13.6. The highest BCUT2D eigenvalue weighted by atomic mass is 15.2. The molecule has 1 unspecified atom stereocenters. The Morgan fingerprint density at radius 1 is 1.40 bits per heavy atom. The Bertz CT molecular complexity index is 434. The lowest BCUT2D eigenvalue weighted by Gasteiger charge is -2.22. The summed E-state index contributed by atoms with van der Waals surface area (Å²) in [7, 11) is 0. The molecule has 0 aliphatic carbocycles. The van der Waals surface area contributed by atoms with Gasteiger partial charge < -0.3 is 10.2 Å². The van der Waals surface area contributed by atoms with Gasteiger partial charge in [-0.15, -0.1) is 0 Å². The zero-order chi connectivity index (χ0) is 14.8. The third-order valence-electron chi connectivity index (χ3n) is 4.13. The van der Waals surface area contributed by atoms with E-state index in [-0.39, 0.29) is 5.54 Å². The first-order valence-electron chi connectivity index (χ1n) is 7.80. The van der Waals surface area contributed by atoms with E-state index in [0.717, 1.165) is 24.1 Å². The van der Waals surface area contributed by atoms with Crippen molar-refractivity contribution in [3.8, 4) is 0 Å². The van der Waals surface area contributed by atoms with Crippen molar-refractivity contribution in [2.45, 2.75) is 53.1 Å². The van der Waals surface area contributed by atoms with E-state index in [2.05, 4.69) is 62.0 Å². The van der Waals surface area contributed by atoms with E-state index in [1.807, 2.05) is 6.20 Å². The zero-order valence-corrected chi connectivity index (χ0v) is 13.6. The molecule has 112 valence electrons. The summed E-state index contributed by atoms with van der Waals surface area (Å²) in [5.41, 5.74) is 2.59. The van der Waals surface area contributed by atoms with Crippen molar-refractivity contribution in [2.24, 2.45) is 11.8 Å². The van der Waals surface area contributed by atoms with Crippen molar-refractivity contribution in [3.05, 3.63) is 24.0 Å². The Morgan fingerprint density at radius 3 is 2.75 bits per heavy atom. The Balaban J connectivity index is 2.00. The molecule has 1 aromatic heterocycles. The van der Waals surface area contributed by atoms with E-state index in [1.165, 1.54) is 25.2 Å². The van der Waals surface area contributed by atoms with Crippen molar-refractivity contribution < 1.29 is 0 Å². The van der Waals surface area contributed by atoms with Crippen LogP contribution in [0.3, 0.4) is 0 Å². The molecule has 1 N–H and O–H groups in total. The van der Waals surface area contributed by atoms with Crippen LogP contribution in [0.2, 0.25) is 0 Å². The molecule has 0 spiro atoms. The summed E-state index contributed by atoms with van der Waals surface area (Å²) in [6, 6.07) is 4.38. The second-order valence-electron chi connectivity index (χ2n) is 7.35. The van der Waals surface area contributed by atoms with E-state index in [1.54, 1.807) is 0 Å². The fourth-order valence-corrected chi connectivity index (χ4v) is 2.68. The molecule has 2 heterocycles. The van der Waals surface area contributed by atoms with Gasteiger partial charge >= 0.3 is 0 Å². The average molecular weight is 275 g/mol. The van der Waals surface area contributed by atoms with Crippen molar-refractivity contribution in [1.29, 1.82) is 0 Å². The molecule has 0 amide bonds. The molecule has 1 aromatic rings. The fraction of sp³-hybridized carbons (Fsp3) is 0.706. The number of aromatic nitrogens is 1. The van der Waals surface area contributed by atoms with E-state index in [0.29, 0.717) is 0 Å². The lowest BCUT2D eigenvalue weighted by molar-refractivity contribution is 0.421. The second-order valence-corrected chi connectivity index (χ2v) is 7.35. The highest BCUT2D eigenvalue weighted by molar-refractivity contribution is 5.47. The molecule has 3 heteroatoms. The predicted octanol–water partition coefficient (Wildman–Crippen LogP) is 3.45. The van der Waals surface area contributed by atoms with Crippen LogP contribution in [0.25, 0.3) is 0 Å². The van der Waals surface area contributed by atoms with Crippen molar-refractivity contribution in [3.63, 3.8) is 0 Å². The molecular formula is C17H29N3. The van der Waals surface area contributed by atoms with Crippen LogP contribution in [0.5, 0.6) is 0 Å². The third kappa shape index (κ3) is 4.20. The van der Waals surface area contributed by atoms with Crippen molar-refractivity contribution in [1.82, 2.24) is 10.3 Å². The van der Waals surface area contributed by atoms with Crippen LogP contribution in [-0.4, -0.2) is 23.6 Å². The Morgan fingerprint density at radius 2 is 2.15 bits per heavy atom. The van der Waals surface area contributed by atoms with Gasteiger partial charge in [-0.1, -0.05) is 13.8 Å². The van der Waals surface area contributed by atoms with Crippen molar-refractivity contribution in [2.75, 3.05) is 18.0 Å². The quantitative estimate of drug-likeness (QED) is 0.912. The Hall–Kier alpha value is -1.09. The molecule has 0 bridgehead atoms. The van der Waals surface area contributed by atoms with Crippen LogP contribution in [0, 0.1) is 11.8 Å². The largest absolute Gasteiger partial charge is 0.371 e. The van der Waals surface area contributed by atoms with Crippen molar-refractivity contribution >= 4 is 5.69 Å². The Labute approximate surface area is 123 Å². The number of rotatable bonds is 4. The summed E-state index contributed by atoms with van der Waals surface area (Å²) in [5, 5.41) is 3.50.